The number of carbonyl (C=O) groups excluding carboxylic acids is 2. The summed E-state index contributed by atoms with van der Waals surface area (Å²) in [6, 6.07) is 13.9. The molecule has 0 saturated carbocycles. The Hall–Kier alpha value is -2.60. The molecule has 0 spiro atoms. The fourth-order valence-electron chi connectivity index (χ4n) is 3.15. The Morgan fingerprint density at radius 3 is 2.60 bits per heavy atom. The highest BCUT2D eigenvalue weighted by Crippen LogP contribution is 2.22. The number of quaternary nitrogens is 1. The number of piperazine rings is 1. The molecule has 6 heteroatoms. The van der Waals surface area contributed by atoms with Crippen LogP contribution in [0.2, 0.25) is 0 Å². The van der Waals surface area contributed by atoms with Crippen LogP contribution in [-0.2, 0) is 9.53 Å². The Bertz CT molecular complexity index is 749. The number of carbonyl (C=O) groups is 2. The van der Waals surface area contributed by atoms with Crippen molar-refractivity contribution < 1.29 is 19.2 Å². The van der Waals surface area contributed by atoms with Crippen LogP contribution in [0, 0.1) is 0 Å². The monoisotopic (exact) mass is 342 g/mol. The third-order valence-corrected chi connectivity index (χ3v) is 4.47. The zero-order valence-electron chi connectivity index (χ0n) is 14.5. The van der Waals surface area contributed by atoms with Gasteiger partial charge in [0.15, 0.2) is 6.54 Å². The topological polar surface area (TPSA) is 63.1 Å². The molecular weight excluding hydrogens is 318 g/mol. The summed E-state index contributed by atoms with van der Waals surface area (Å²) in [5.41, 5.74) is 0.840. The average molecular weight is 342 g/mol. The van der Waals surface area contributed by atoms with Crippen molar-refractivity contribution in [1.82, 2.24) is 4.90 Å². The van der Waals surface area contributed by atoms with Gasteiger partial charge in [-0.2, -0.15) is 0 Å². The molecule has 0 aliphatic carbocycles. The summed E-state index contributed by atoms with van der Waals surface area (Å²) in [7, 11) is 0. The predicted molar refractivity (Wildman–Crippen MR) is 96.7 cm³/mol. The molecule has 6 nitrogen and oxygen atoms in total. The van der Waals surface area contributed by atoms with E-state index in [2.05, 4.69) is 5.32 Å². The minimum absolute atomic E-state index is 0.00376. The maximum Gasteiger partial charge on any atom is 0.410 e. The lowest BCUT2D eigenvalue weighted by atomic mass is 10.1. The van der Waals surface area contributed by atoms with Crippen molar-refractivity contribution in [2.45, 2.75) is 6.92 Å². The number of hydrogen-bond donors (Lipinski definition) is 2. The highest BCUT2D eigenvalue weighted by atomic mass is 16.6. The molecule has 0 aromatic heterocycles. The van der Waals surface area contributed by atoms with Gasteiger partial charge in [0.25, 0.3) is 5.91 Å². The Morgan fingerprint density at radius 2 is 1.84 bits per heavy atom. The number of benzene rings is 2. The average Bonchev–Trinajstić information content (AvgIpc) is 2.63. The lowest BCUT2D eigenvalue weighted by Gasteiger charge is -2.31. The van der Waals surface area contributed by atoms with Crippen molar-refractivity contribution in [2.75, 3.05) is 44.6 Å². The molecule has 1 saturated heterocycles. The van der Waals surface area contributed by atoms with E-state index >= 15 is 0 Å². The van der Waals surface area contributed by atoms with Crippen LogP contribution in [0.3, 0.4) is 0 Å². The number of nitrogens with zero attached hydrogens (tertiary/aromatic N) is 1. The van der Waals surface area contributed by atoms with E-state index in [1.54, 1.807) is 11.8 Å². The fourth-order valence-corrected chi connectivity index (χ4v) is 3.15. The van der Waals surface area contributed by atoms with E-state index < -0.39 is 0 Å². The van der Waals surface area contributed by atoms with E-state index in [1.807, 2.05) is 42.5 Å². The molecule has 0 atom stereocenters. The zero-order valence-corrected chi connectivity index (χ0v) is 14.5. The first-order valence-corrected chi connectivity index (χ1v) is 8.70. The second kappa shape index (κ2) is 7.98. The van der Waals surface area contributed by atoms with Crippen molar-refractivity contribution >= 4 is 28.5 Å². The molecule has 1 fully saturated rings. The summed E-state index contributed by atoms with van der Waals surface area (Å²) in [5.74, 6) is -0.00376. The summed E-state index contributed by atoms with van der Waals surface area (Å²) in [6.45, 7) is 5.34. The number of anilines is 1. The number of hydrogen-bond acceptors (Lipinski definition) is 3. The van der Waals surface area contributed by atoms with Crippen LogP contribution in [0.25, 0.3) is 10.8 Å². The molecule has 0 bridgehead atoms. The number of fused-ring (bicyclic) bond motifs is 1. The van der Waals surface area contributed by atoms with Crippen LogP contribution in [-0.4, -0.2) is 56.2 Å². The Morgan fingerprint density at radius 1 is 1.12 bits per heavy atom. The largest absolute Gasteiger partial charge is 0.450 e. The molecule has 132 valence electrons. The summed E-state index contributed by atoms with van der Waals surface area (Å²) in [5, 5.41) is 5.17. The van der Waals surface area contributed by atoms with E-state index in [4.69, 9.17) is 4.74 Å². The first kappa shape index (κ1) is 17.2. The third kappa shape index (κ3) is 4.28. The van der Waals surface area contributed by atoms with Gasteiger partial charge in [-0.15, -0.1) is 0 Å². The normalized spacial score (nSPS) is 15.2. The third-order valence-electron chi connectivity index (χ3n) is 4.47. The minimum atomic E-state index is -0.262. The van der Waals surface area contributed by atoms with Gasteiger partial charge in [-0.1, -0.05) is 36.4 Å². The van der Waals surface area contributed by atoms with Gasteiger partial charge in [-0.05, 0) is 18.4 Å². The summed E-state index contributed by atoms with van der Waals surface area (Å²) < 4.78 is 5.02. The maximum atomic E-state index is 12.4. The number of nitrogens with one attached hydrogen (secondary N) is 2. The van der Waals surface area contributed by atoms with Crippen LogP contribution in [0.15, 0.2) is 42.5 Å². The van der Waals surface area contributed by atoms with E-state index in [0.717, 1.165) is 29.5 Å². The van der Waals surface area contributed by atoms with Gasteiger partial charge in [0.2, 0.25) is 0 Å². The highest BCUT2D eigenvalue weighted by Gasteiger charge is 2.25. The van der Waals surface area contributed by atoms with Crippen molar-refractivity contribution in [3.8, 4) is 0 Å². The van der Waals surface area contributed by atoms with Crippen LogP contribution < -0.4 is 10.2 Å². The summed E-state index contributed by atoms with van der Waals surface area (Å²) >= 11 is 0. The highest BCUT2D eigenvalue weighted by molar-refractivity contribution is 6.02. The molecule has 25 heavy (non-hydrogen) atoms. The standard InChI is InChI=1S/C19H23N3O3/c1-2-25-19(24)22-12-10-21(11-13-22)14-18(23)20-17-9-5-7-15-6-3-4-8-16(15)17/h3-9H,2,10-14H2,1H3,(H,20,23)/p+1. The van der Waals surface area contributed by atoms with Gasteiger partial charge in [0, 0.05) is 11.1 Å². The van der Waals surface area contributed by atoms with E-state index in [-0.39, 0.29) is 12.0 Å². The van der Waals surface area contributed by atoms with Gasteiger partial charge in [-0.3, -0.25) is 9.69 Å². The van der Waals surface area contributed by atoms with Crippen LogP contribution in [0.4, 0.5) is 10.5 Å². The predicted octanol–water partition coefficient (Wildman–Crippen LogP) is 1.14. The second-order valence-electron chi connectivity index (χ2n) is 6.19. The molecule has 2 amide bonds. The smallest absolute Gasteiger partial charge is 0.410 e. The molecule has 3 rings (SSSR count). The van der Waals surface area contributed by atoms with Crippen LogP contribution in [0.5, 0.6) is 0 Å². The summed E-state index contributed by atoms with van der Waals surface area (Å²) in [6.07, 6.45) is -0.262. The van der Waals surface area contributed by atoms with Gasteiger partial charge < -0.3 is 15.0 Å². The Labute approximate surface area is 147 Å². The Balaban J connectivity index is 1.54. The van der Waals surface area contributed by atoms with Crippen LogP contribution >= 0.6 is 0 Å². The van der Waals surface area contributed by atoms with Gasteiger partial charge in [0.1, 0.15) is 0 Å². The van der Waals surface area contributed by atoms with Crippen molar-refractivity contribution in [3.05, 3.63) is 42.5 Å². The van der Waals surface area contributed by atoms with E-state index in [1.165, 1.54) is 4.90 Å². The molecule has 2 aromatic carbocycles. The molecule has 2 aromatic rings. The van der Waals surface area contributed by atoms with Crippen molar-refractivity contribution in [3.63, 3.8) is 0 Å². The van der Waals surface area contributed by atoms with E-state index in [9.17, 15) is 9.59 Å². The maximum absolute atomic E-state index is 12.4. The molecule has 1 heterocycles. The number of amides is 2. The van der Waals surface area contributed by atoms with E-state index in [0.29, 0.717) is 26.2 Å². The van der Waals surface area contributed by atoms with Crippen LogP contribution in [0.1, 0.15) is 6.92 Å². The fraction of sp³-hybridized carbons (Fsp3) is 0.368. The van der Waals surface area contributed by atoms with Crippen molar-refractivity contribution in [2.24, 2.45) is 0 Å². The first-order chi connectivity index (χ1) is 12.2. The van der Waals surface area contributed by atoms with Crippen molar-refractivity contribution in [1.29, 1.82) is 0 Å². The molecule has 0 unspecified atom stereocenters. The zero-order chi connectivity index (χ0) is 17.6. The Kier molecular flexibility index (Phi) is 5.50. The number of rotatable bonds is 4. The second-order valence-corrected chi connectivity index (χ2v) is 6.19. The lowest BCUT2D eigenvalue weighted by Crippen LogP contribution is -3.15. The quantitative estimate of drug-likeness (QED) is 0.876. The van der Waals surface area contributed by atoms with Gasteiger partial charge in [-0.25, -0.2) is 4.79 Å². The molecule has 1 aliphatic heterocycles. The molecule has 1 aliphatic rings. The SMILES string of the molecule is CCOC(=O)N1CC[NH+](CC(=O)Nc2cccc3ccccc23)CC1. The first-order valence-electron chi connectivity index (χ1n) is 8.70. The minimum Gasteiger partial charge on any atom is -0.450 e. The number of ether oxygens (including phenoxy) is 1. The van der Waals surface area contributed by atoms with Gasteiger partial charge in [0.05, 0.1) is 32.8 Å². The molecular formula is C19H24N3O3+. The molecule has 2 N–H and O–H groups in total. The lowest BCUT2D eigenvalue weighted by molar-refractivity contribution is -0.895. The molecule has 0 radical (unpaired) electrons. The summed E-state index contributed by atoms with van der Waals surface area (Å²) in [4.78, 5) is 27.0. The van der Waals surface area contributed by atoms with Gasteiger partial charge >= 0.3 is 6.09 Å².